The van der Waals surface area contributed by atoms with Crippen LogP contribution in [0.3, 0.4) is 0 Å². The summed E-state index contributed by atoms with van der Waals surface area (Å²) in [6.07, 6.45) is 1.69. The summed E-state index contributed by atoms with van der Waals surface area (Å²) in [5.41, 5.74) is 1.10. The molecule has 4 heteroatoms. The predicted molar refractivity (Wildman–Crippen MR) is 78.2 cm³/mol. The summed E-state index contributed by atoms with van der Waals surface area (Å²) < 4.78 is 0. The van der Waals surface area contributed by atoms with Crippen LogP contribution in [0, 0.1) is 5.92 Å². The molecule has 3 nitrogen and oxygen atoms in total. The Hall–Kier alpha value is -1.06. The molecular formula is C15H22ClNO2. The van der Waals surface area contributed by atoms with Gasteiger partial charge in [-0.15, -0.1) is 0 Å². The van der Waals surface area contributed by atoms with E-state index in [0.717, 1.165) is 12.0 Å². The van der Waals surface area contributed by atoms with Crippen molar-refractivity contribution >= 4 is 17.5 Å². The summed E-state index contributed by atoms with van der Waals surface area (Å²) >= 11 is 5.82. The normalized spacial score (nSPS) is 13.9. The van der Waals surface area contributed by atoms with Crippen molar-refractivity contribution in [3.63, 3.8) is 0 Å². The van der Waals surface area contributed by atoms with E-state index >= 15 is 0 Å². The Morgan fingerprint density at radius 1 is 1.37 bits per heavy atom. The second-order valence-electron chi connectivity index (χ2n) is 4.87. The molecule has 0 radical (unpaired) electrons. The lowest BCUT2D eigenvalue weighted by molar-refractivity contribution is -0.124. The number of carbonyl (C=O) groups is 1. The molecular weight excluding hydrogens is 262 g/mol. The fourth-order valence-corrected chi connectivity index (χ4v) is 1.93. The van der Waals surface area contributed by atoms with E-state index in [4.69, 9.17) is 11.6 Å². The monoisotopic (exact) mass is 283 g/mol. The minimum Gasteiger partial charge on any atom is -0.393 e. The lowest BCUT2D eigenvalue weighted by Crippen LogP contribution is -2.32. The average molecular weight is 284 g/mol. The highest BCUT2D eigenvalue weighted by Gasteiger charge is 2.13. The van der Waals surface area contributed by atoms with Crippen molar-refractivity contribution in [1.82, 2.24) is 5.32 Å². The second kappa shape index (κ2) is 8.18. The van der Waals surface area contributed by atoms with Crippen LogP contribution in [0.5, 0.6) is 0 Å². The Labute approximate surface area is 120 Å². The first kappa shape index (κ1) is 16.0. The zero-order chi connectivity index (χ0) is 14.3. The molecule has 2 N–H and O–H groups in total. The predicted octanol–water partition coefficient (Wildman–Crippen LogP) is 2.80. The first-order valence-electron chi connectivity index (χ1n) is 6.73. The number of amides is 1. The first-order valence-corrected chi connectivity index (χ1v) is 7.11. The molecule has 1 aromatic carbocycles. The molecule has 0 saturated carbocycles. The molecule has 0 spiro atoms. The fraction of sp³-hybridized carbons (Fsp3) is 0.533. The molecule has 2 unspecified atom stereocenters. The Morgan fingerprint density at radius 3 is 2.58 bits per heavy atom. The topological polar surface area (TPSA) is 49.3 Å². The zero-order valence-corrected chi connectivity index (χ0v) is 12.3. The third kappa shape index (κ3) is 6.08. The Kier molecular flexibility index (Phi) is 6.89. The molecule has 106 valence electrons. The van der Waals surface area contributed by atoms with E-state index in [9.17, 15) is 9.90 Å². The van der Waals surface area contributed by atoms with Crippen molar-refractivity contribution in [1.29, 1.82) is 0 Å². The van der Waals surface area contributed by atoms with E-state index in [2.05, 4.69) is 5.32 Å². The molecule has 0 bridgehead atoms. The average Bonchev–Trinajstić information content (AvgIpc) is 2.40. The van der Waals surface area contributed by atoms with Gasteiger partial charge >= 0.3 is 0 Å². The summed E-state index contributed by atoms with van der Waals surface area (Å²) in [5.74, 6) is -0.0572. The molecule has 1 aromatic rings. The van der Waals surface area contributed by atoms with E-state index in [1.807, 2.05) is 38.1 Å². The van der Waals surface area contributed by atoms with Crippen molar-refractivity contribution in [2.24, 2.45) is 5.92 Å². The van der Waals surface area contributed by atoms with Gasteiger partial charge in [-0.2, -0.15) is 0 Å². The maximum Gasteiger partial charge on any atom is 0.223 e. The van der Waals surface area contributed by atoms with Gasteiger partial charge in [-0.05, 0) is 37.0 Å². The number of halogens is 1. The minimum absolute atomic E-state index is 0.0262. The maximum absolute atomic E-state index is 11.9. The maximum atomic E-state index is 11.9. The SMILES string of the molecule is CCC(O)CCNC(=O)C(C)Cc1ccc(Cl)cc1. The molecule has 1 rings (SSSR count). The first-order chi connectivity index (χ1) is 9.02. The van der Waals surface area contributed by atoms with Crippen LogP contribution in [0.2, 0.25) is 5.02 Å². The molecule has 1 amide bonds. The number of aliphatic hydroxyl groups excluding tert-OH is 1. The summed E-state index contributed by atoms with van der Waals surface area (Å²) in [7, 11) is 0. The third-order valence-corrected chi connectivity index (χ3v) is 3.40. The van der Waals surface area contributed by atoms with Gasteiger partial charge in [-0.25, -0.2) is 0 Å². The number of nitrogens with one attached hydrogen (secondary N) is 1. The van der Waals surface area contributed by atoms with E-state index in [1.165, 1.54) is 0 Å². The smallest absolute Gasteiger partial charge is 0.223 e. The number of hydrogen-bond acceptors (Lipinski definition) is 2. The van der Waals surface area contributed by atoms with Gasteiger partial charge in [0.15, 0.2) is 0 Å². The molecule has 0 aliphatic rings. The fourth-order valence-electron chi connectivity index (χ4n) is 1.81. The van der Waals surface area contributed by atoms with Crippen LogP contribution in [-0.4, -0.2) is 23.7 Å². The molecule has 0 aliphatic heterocycles. The van der Waals surface area contributed by atoms with Gasteiger partial charge in [0.25, 0.3) is 0 Å². The number of hydrogen-bond donors (Lipinski definition) is 2. The van der Waals surface area contributed by atoms with E-state index in [1.54, 1.807) is 0 Å². The standard InChI is InChI=1S/C15H22ClNO2/c1-3-14(18)8-9-17-15(19)11(2)10-12-4-6-13(16)7-5-12/h4-7,11,14,18H,3,8-10H2,1-2H3,(H,17,19). The van der Waals surface area contributed by atoms with Crippen LogP contribution in [0.1, 0.15) is 32.3 Å². The van der Waals surface area contributed by atoms with Crippen LogP contribution in [0.25, 0.3) is 0 Å². The van der Waals surface area contributed by atoms with Gasteiger partial charge in [0.1, 0.15) is 0 Å². The molecule has 2 atom stereocenters. The molecule has 0 saturated heterocycles. The van der Waals surface area contributed by atoms with Crippen LogP contribution in [0.4, 0.5) is 0 Å². The van der Waals surface area contributed by atoms with Crippen molar-refractivity contribution < 1.29 is 9.90 Å². The van der Waals surface area contributed by atoms with Crippen molar-refractivity contribution in [2.75, 3.05) is 6.54 Å². The van der Waals surface area contributed by atoms with E-state index in [-0.39, 0.29) is 17.9 Å². The Morgan fingerprint density at radius 2 is 2.00 bits per heavy atom. The highest BCUT2D eigenvalue weighted by molar-refractivity contribution is 6.30. The van der Waals surface area contributed by atoms with E-state index in [0.29, 0.717) is 24.4 Å². The van der Waals surface area contributed by atoms with Gasteiger partial charge in [0.05, 0.1) is 6.10 Å². The quantitative estimate of drug-likeness (QED) is 0.808. The van der Waals surface area contributed by atoms with Crippen LogP contribution < -0.4 is 5.32 Å². The Balaban J connectivity index is 2.34. The van der Waals surface area contributed by atoms with Crippen LogP contribution >= 0.6 is 11.6 Å². The third-order valence-electron chi connectivity index (χ3n) is 3.15. The second-order valence-corrected chi connectivity index (χ2v) is 5.31. The Bertz CT molecular complexity index is 392. The molecule has 19 heavy (non-hydrogen) atoms. The van der Waals surface area contributed by atoms with Crippen molar-refractivity contribution in [3.05, 3.63) is 34.9 Å². The highest BCUT2D eigenvalue weighted by atomic mass is 35.5. The summed E-state index contributed by atoms with van der Waals surface area (Å²) in [4.78, 5) is 11.9. The van der Waals surface area contributed by atoms with Crippen molar-refractivity contribution in [2.45, 2.75) is 39.2 Å². The van der Waals surface area contributed by atoms with Gasteiger partial charge in [0.2, 0.25) is 5.91 Å². The van der Waals surface area contributed by atoms with Gasteiger partial charge in [0, 0.05) is 17.5 Å². The minimum atomic E-state index is -0.327. The van der Waals surface area contributed by atoms with Gasteiger partial charge < -0.3 is 10.4 Å². The number of carbonyl (C=O) groups excluding carboxylic acids is 1. The summed E-state index contributed by atoms with van der Waals surface area (Å²) in [6.45, 7) is 4.36. The van der Waals surface area contributed by atoms with Crippen LogP contribution in [-0.2, 0) is 11.2 Å². The highest BCUT2D eigenvalue weighted by Crippen LogP contribution is 2.13. The lowest BCUT2D eigenvalue weighted by atomic mass is 10.0. The number of rotatable bonds is 7. The van der Waals surface area contributed by atoms with Crippen LogP contribution in [0.15, 0.2) is 24.3 Å². The molecule has 0 aliphatic carbocycles. The lowest BCUT2D eigenvalue weighted by Gasteiger charge is -2.13. The molecule has 0 heterocycles. The summed E-state index contributed by atoms with van der Waals surface area (Å²) in [5, 5.41) is 13.0. The number of benzene rings is 1. The summed E-state index contributed by atoms with van der Waals surface area (Å²) in [6, 6.07) is 7.54. The van der Waals surface area contributed by atoms with Gasteiger partial charge in [-0.3, -0.25) is 4.79 Å². The number of aliphatic hydroxyl groups is 1. The zero-order valence-electron chi connectivity index (χ0n) is 11.5. The molecule has 0 fully saturated rings. The van der Waals surface area contributed by atoms with E-state index < -0.39 is 0 Å². The molecule has 0 aromatic heterocycles. The van der Waals surface area contributed by atoms with Gasteiger partial charge in [-0.1, -0.05) is 37.6 Å². The largest absolute Gasteiger partial charge is 0.393 e. The van der Waals surface area contributed by atoms with Crippen molar-refractivity contribution in [3.8, 4) is 0 Å².